The summed E-state index contributed by atoms with van der Waals surface area (Å²) in [4.78, 5) is 4.07. The maximum atomic E-state index is 5.38. The molecule has 1 radical (unpaired) electrons. The summed E-state index contributed by atoms with van der Waals surface area (Å²) in [5.74, 6) is 0.793. The van der Waals surface area contributed by atoms with Gasteiger partial charge in [0.15, 0.2) is 0 Å². The first-order valence-corrected chi connectivity index (χ1v) is 5.79. The van der Waals surface area contributed by atoms with Crippen LogP contribution in [-0.4, -0.2) is 12.1 Å². The zero-order chi connectivity index (χ0) is 12.4. The Bertz CT molecular complexity index is 686. The standard InChI is InChI=1S/C16H12NO/c1-18-16-9-10-17-11-15(16)14-8-4-6-12-5-2-3-7-13(12)14/h2-10H,1H3. The number of pyridine rings is 1. The summed E-state index contributed by atoms with van der Waals surface area (Å²) in [5, 5.41) is 2.39. The molecule has 0 saturated heterocycles. The van der Waals surface area contributed by atoms with Crippen LogP contribution in [0.5, 0.6) is 5.75 Å². The van der Waals surface area contributed by atoms with Gasteiger partial charge in [0.2, 0.25) is 0 Å². The Kier molecular flexibility index (Phi) is 2.69. The van der Waals surface area contributed by atoms with E-state index in [-0.39, 0.29) is 0 Å². The lowest BCUT2D eigenvalue weighted by Gasteiger charge is -2.09. The SMILES string of the molecule is COc1ccn[c]c1-c1cccc2ccccc12. The minimum absolute atomic E-state index is 0.793. The second-order valence-corrected chi connectivity index (χ2v) is 4.03. The van der Waals surface area contributed by atoms with Gasteiger partial charge in [-0.3, -0.25) is 4.98 Å². The molecule has 0 bridgehead atoms. The molecule has 0 N–H and O–H groups in total. The Labute approximate surface area is 106 Å². The lowest BCUT2D eigenvalue weighted by atomic mass is 9.99. The quantitative estimate of drug-likeness (QED) is 0.674. The predicted octanol–water partition coefficient (Wildman–Crippen LogP) is 3.71. The van der Waals surface area contributed by atoms with Crippen molar-refractivity contribution in [2.75, 3.05) is 7.11 Å². The molecule has 3 aromatic rings. The molecule has 0 unspecified atom stereocenters. The van der Waals surface area contributed by atoms with Crippen molar-refractivity contribution in [3.63, 3.8) is 0 Å². The molecule has 1 heterocycles. The zero-order valence-electron chi connectivity index (χ0n) is 10.1. The Morgan fingerprint density at radius 2 is 1.83 bits per heavy atom. The number of hydrogen-bond acceptors (Lipinski definition) is 2. The first-order valence-electron chi connectivity index (χ1n) is 5.79. The lowest BCUT2D eigenvalue weighted by Crippen LogP contribution is -1.90. The van der Waals surface area contributed by atoms with Crippen molar-refractivity contribution in [3.8, 4) is 16.9 Å². The average molecular weight is 234 g/mol. The van der Waals surface area contributed by atoms with E-state index in [0.29, 0.717) is 0 Å². The molecule has 0 atom stereocenters. The second kappa shape index (κ2) is 4.49. The Morgan fingerprint density at radius 3 is 2.72 bits per heavy atom. The summed E-state index contributed by atoms with van der Waals surface area (Å²) >= 11 is 0. The highest BCUT2D eigenvalue weighted by Crippen LogP contribution is 2.33. The largest absolute Gasteiger partial charge is 0.496 e. The summed E-state index contributed by atoms with van der Waals surface area (Å²) < 4.78 is 5.38. The van der Waals surface area contributed by atoms with Crippen LogP contribution in [0.2, 0.25) is 0 Å². The molecule has 0 aliphatic heterocycles. The van der Waals surface area contributed by atoms with E-state index in [1.165, 1.54) is 10.8 Å². The fourth-order valence-corrected chi connectivity index (χ4v) is 2.15. The third-order valence-electron chi connectivity index (χ3n) is 3.00. The number of hydrogen-bond donors (Lipinski definition) is 0. The highest BCUT2D eigenvalue weighted by Gasteiger charge is 2.08. The number of fused-ring (bicyclic) bond motifs is 1. The molecule has 0 fully saturated rings. The molecule has 0 aliphatic carbocycles. The summed E-state index contributed by atoms with van der Waals surface area (Å²) in [6.45, 7) is 0. The van der Waals surface area contributed by atoms with Gasteiger partial charge in [-0.05, 0) is 22.4 Å². The lowest BCUT2D eigenvalue weighted by molar-refractivity contribution is 0.416. The number of benzene rings is 2. The summed E-state index contributed by atoms with van der Waals surface area (Å²) in [5.41, 5.74) is 2.00. The van der Waals surface area contributed by atoms with Gasteiger partial charge in [-0.2, -0.15) is 0 Å². The van der Waals surface area contributed by atoms with E-state index in [4.69, 9.17) is 4.74 Å². The van der Waals surface area contributed by atoms with E-state index in [2.05, 4.69) is 35.4 Å². The van der Waals surface area contributed by atoms with E-state index in [0.717, 1.165) is 16.9 Å². The Morgan fingerprint density at radius 1 is 1.00 bits per heavy atom. The number of methoxy groups -OCH3 is 1. The summed E-state index contributed by atoms with van der Waals surface area (Å²) in [6, 6.07) is 16.3. The van der Waals surface area contributed by atoms with Crippen LogP contribution in [0.3, 0.4) is 0 Å². The molecule has 0 saturated carbocycles. The molecular formula is C16H12NO. The van der Waals surface area contributed by atoms with Gasteiger partial charge in [-0.1, -0.05) is 42.5 Å². The van der Waals surface area contributed by atoms with Crippen LogP contribution in [0, 0.1) is 6.20 Å². The molecule has 0 amide bonds. The van der Waals surface area contributed by atoms with E-state index < -0.39 is 0 Å². The van der Waals surface area contributed by atoms with Gasteiger partial charge in [0.1, 0.15) is 11.9 Å². The van der Waals surface area contributed by atoms with Crippen molar-refractivity contribution in [3.05, 3.63) is 60.9 Å². The molecule has 3 rings (SSSR count). The Hall–Kier alpha value is -2.35. The highest BCUT2D eigenvalue weighted by atomic mass is 16.5. The van der Waals surface area contributed by atoms with Gasteiger partial charge in [0.05, 0.1) is 12.7 Å². The third-order valence-corrected chi connectivity index (χ3v) is 3.00. The topological polar surface area (TPSA) is 22.1 Å². The molecule has 2 heteroatoms. The van der Waals surface area contributed by atoms with Gasteiger partial charge in [-0.15, -0.1) is 0 Å². The van der Waals surface area contributed by atoms with Crippen molar-refractivity contribution >= 4 is 10.8 Å². The molecule has 0 aliphatic rings. The minimum Gasteiger partial charge on any atom is -0.496 e. The third kappa shape index (κ3) is 1.72. The minimum atomic E-state index is 0.793. The molecule has 18 heavy (non-hydrogen) atoms. The van der Waals surface area contributed by atoms with Crippen molar-refractivity contribution in [1.29, 1.82) is 0 Å². The summed E-state index contributed by atoms with van der Waals surface area (Å²) in [7, 11) is 1.66. The molecule has 87 valence electrons. The smallest absolute Gasteiger partial charge is 0.130 e. The first kappa shape index (κ1) is 10.8. The maximum Gasteiger partial charge on any atom is 0.130 e. The van der Waals surface area contributed by atoms with Gasteiger partial charge in [-0.25, -0.2) is 0 Å². The highest BCUT2D eigenvalue weighted by molar-refractivity contribution is 5.97. The average Bonchev–Trinajstić information content (AvgIpc) is 2.46. The summed E-state index contributed by atoms with van der Waals surface area (Å²) in [6.07, 6.45) is 4.71. The van der Waals surface area contributed by atoms with E-state index in [9.17, 15) is 0 Å². The van der Waals surface area contributed by atoms with E-state index in [1.54, 1.807) is 13.3 Å². The molecule has 1 aromatic heterocycles. The molecule has 2 nitrogen and oxygen atoms in total. The molecule has 0 spiro atoms. The number of rotatable bonds is 2. The first-order chi connectivity index (χ1) is 8.90. The van der Waals surface area contributed by atoms with E-state index in [1.807, 2.05) is 24.3 Å². The second-order valence-electron chi connectivity index (χ2n) is 4.03. The van der Waals surface area contributed by atoms with Gasteiger partial charge in [0, 0.05) is 6.20 Å². The predicted molar refractivity (Wildman–Crippen MR) is 72.6 cm³/mol. The van der Waals surface area contributed by atoms with Gasteiger partial charge < -0.3 is 4.74 Å². The van der Waals surface area contributed by atoms with Crippen molar-refractivity contribution in [2.24, 2.45) is 0 Å². The normalized spacial score (nSPS) is 10.5. The van der Waals surface area contributed by atoms with Crippen LogP contribution in [0.25, 0.3) is 21.9 Å². The molecular weight excluding hydrogens is 222 g/mol. The van der Waals surface area contributed by atoms with Crippen LogP contribution in [0.1, 0.15) is 0 Å². The molecule has 2 aromatic carbocycles. The van der Waals surface area contributed by atoms with Crippen molar-refractivity contribution in [2.45, 2.75) is 0 Å². The van der Waals surface area contributed by atoms with Gasteiger partial charge >= 0.3 is 0 Å². The van der Waals surface area contributed by atoms with Crippen LogP contribution in [0.4, 0.5) is 0 Å². The van der Waals surface area contributed by atoms with Crippen LogP contribution >= 0.6 is 0 Å². The van der Waals surface area contributed by atoms with Crippen molar-refractivity contribution < 1.29 is 4.74 Å². The Balaban J connectivity index is 2.32. The van der Waals surface area contributed by atoms with Crippen molar-refractivity contribution in [1.82, 2.24) is 4.98 Å². The van der Waals surface area contributed by atoms with E-state index >= 15 is 0 Å². The van der Waals surface area contributed by atoms with Gasteiger partial charge in [0.25, 0.3) is 0 Å². The van der Waals surface area contributed by atoms with Crippen LogP contribution in [0.15, 0.2) is 54.7 Å². The van der Waals surface area contributed by atoms with Crippen LogP contribution < -0.4 is 4.74 Å². The fourth-order valence-electron chi connectivity index (χ4n) is 2.15. The number of ether oxygens (including phenoxy) is 1. The van der Waals surface area contributed by atoms with Crippen LogP contribution in [-0.2, 0) is 0 Å². The number of nitrogens with zero attached hydrogens (tertiary/aromatic N) is 1. The maximum absolute atomic E-state index is 5.38. The monoisotopic (exact) mass is 234 g/mol. The zero-order valence-corrected chi connectivity index (χ0v) is 10.1. The fraction of sp³-hybridized carbons (Fsp3) is 0.0625. The number of aromatic nitrogens is 1.